The third-order valence-corrected chi connectivity index (χ3v) is 2.37. The Hall–Kier alpha value is -1.64. The molecule has 0 aliphatic rings. The number of ether oxygens (including phenoxy) is 1. The van der Waals surface area contributed by atoms with Crippen LogP contribution in [-0.4, -0.2) is 18.4 Å². The maximum Gasteiger partial charge on any atom is 0.338 e. The number of carbonyl (C=O) groups is 2. The Morgan fingerprint density at radius 1 is 1.25 bits per heavy atom. The first-order valence-electron chi connectivity index (χ1n) is 5.41. The fourth-order valence-electron chi connectivity index (χ4n) is 1.45. The first-order valence-corrected chi connectivity index (χ1v) is 5.41. The van der Waals surface area contributed by atoms with Crippen LogP contribution < -0.4 is 0 Å². The molecule has 0 radical (unpaired) electrons. The van der Waals surface area contributed by atoms with E-state index in [4.69, 9.17) is 4.74 Å². The number of rotatable bonds is 4. The summed E-state index contributed by atoms with van der Waals surface area (Å²) >= 11 is 0. The van der Waals surface area contributed by atoms with Gasteiger partial charge in [0.1, 0.15) is 0 Å². The van der Waals surface area contributed by atoms with Gasteiger partial charge in [-0.1, -0.05) is 13.0 Å². The molecule has 0 heterocycles. The maximum atomic E-state index is 11.6. The zero-order chi connectivity index (χ0) is 12.1. The van der Waals surface area contributed by atoms with Crippen molar-refractivity contribution in [1.82, 2.24) is 0 Å². The van der Waals surface area contributed by atoms with E-state index in [2.05, 4.69) is 0 Å². The van der Waals surface area contributed by atoms with Gasteiger partial charge in [0.25, 0.3) is 0 Å². The molecule has 0 spiro atoms. The van der Waals surface area contributed by atoms with Crippen molar-refractivity contribution in [2.24, 2.45) is 0 Å². The smallest absolute Gasteiger partial charge is 0.338 e. The van der Waals surface area contributed by atoms with Gasteiger partial charge >= 0.3 is 5.97 Å². The Balaban J connectivity index is 3.07. The second-order valence-electron chi connectivity index (χ2n) is 3.53. The van der Waals surface area contributed by atoms with Crippen LogP contribution in [0.3, 0.4) is 0 Å². The maximum absolute atomic E-state index is 11.6. The molecule has 0 saturated carbocycles. The number of hydrogen-bond donors (Lipinski definition) is 0. The first-order chi connectivity index (χ1) is 7.60. The number of hydrogen-bond acceptors (Lipinski definition) is 3. The summed E-state index contributed by atoms with van der Waals surface area (Å²) in [7, 11) is 0. The number of ketones is 1. The molecule has 1 rings (SSSR count). The minimum atomic E-state index is -0.382. The van der Waals surface area contributed by atoms with Crippen molar-refractivity contribution in [2.75, 3.05) is 6.61 Å². The van der Waals surface area contributed by atoms with Gasteiger partial charge in [0.05, 0.1) is 12.2 Å². The van der Waals surface area contributed by atoms with Crippen LogP contribution in [0.5, 0.6) is 0 Å². The standard InChI is InChI=1S/C13H16O3/c1-4-12(14)11-8-10(7-6-9(11)3)13(15)16-5-2/h6-8H,4-5H2,1-3H3. The Bertz CT molecular complexity index is 408. The van der Waals surface area contributed by atoms with E-state index < -0.39 is 0 Å². The highest BCUT2D eigenvalue weighted by molar-refractivity contribution is 6.00. The van der Waals surface area contributed by atoms with E-state index in [-0.39, 0.29) is 11.8 Å². The van der Waals surface area contributed by atoms with Gasteiger partial charge in [-0.25, -0.2) is 4.79 Å². The lowest BCUT2D eigenvalue weighted by atomic mass is 10.0. The molecule has 0 atom stereocenters. The molecule has 1 aromatic carbocycles. The predicted molar refractivity (Wildman–Crippen MR) is 61.8 cm³/mol. The minimum absolute atomic E-state index is 0.0450. The number of benzene rings is 1. The van der Waals surface area contributed by atoms with Gasteiger partial charge in [0, 0.05) is 12.0 Å². The van der Waals surface area contributed by atoms with E-state index in [0.29, 0.717) is 24.2 Å². The Labute approximate surface area is 95.4 Å². The fraction of sp³-hybridized carbons (Fsp3) is 0.385. The molecule has 1 aromatic rings. The average Bonchev–Trinajstić information content (AvgIpc) is 2.29. The normalized spacial score (nSPS) is 9.94. The van der Waals surface area contributed by atoms with Crippen LogP contribution in [0.1, 0.15) is 46.5 Å². The summed E-state index contributed by atoms with van der Waals surface area (Å²) < 4.78 is 4.89. The number of carbonyl (C=O) groups excluding carboxylic acids is 2. The van der Waals surface area contributed by atoms with Crippen molar-refractivity contribution in [1.29, 1.82) is 0 Å². The summed E-state index contributed by atoms with van der Waals surface area (Å²) in [6.45, 7) is 5.75. The molecule has 0 fully saturated rings. The zero-order valence-corrected chi connectivity index (χ0v) is 9.87. The van der Waals surface area contributed by atoms with Gasteiger partial charge in [0.15, 0.2) is 5.78 Å². The van der Waals surface area contributed by atoms with Gasteiger partial charge in [0.2, 0.25) is 0 Å². The van der Waals surface area contributed by atoms with E-state index in [0.717, 1.165) is 5.56 Å². The highest BCUT2D eigenvalue weighted by Gasteiger charge is 2.12. The van der Waals surface area contributed by atoms with Gasteiger partial charge in [-0.15, -0.1) is 0 Å². The summed E-state index contributed by atoms with van der Waals surface area (Å²) in [5, 5.41) is 0. The molecule has 0 bridgehead atoms. The quantitative estimate of drug-likeness (QED) is 0.579. The molecule has 16 heavy (non-hydrogen) atoms. The number of esters is 1. The molecule has 3 heteroatoms. The Morgan fingerprint density at radius 3 is 2.50 bits per heavy atom. The van der Waals surface area contributed by atoms with Crippen molar-refractivity contribution >= 4 is 11.8 Å². The molecule has 0 saturated heterocycles. The van der Waals surface area contributed by atoms with Crippen LogP contribution in [0.25, 0.3) is 0 Å². The number of Topliss-reactive ketones (excluding diaryl/α,β-unsaturated/α-hetero) is 1. The van der Waals surface area contributed by atoms with Crippen LogP contribution in [0, 0.1) is 6.92 Å². The third kappa shape index (κ3) is 2.69. The number of aryl methyl sites for hydroxylation is 1. The highest BCUT2D eigenvalue weighted by Crippen LogP contribution is 2.14. The molecule has 3 nitrogen and oxygen atoms in total. The van der Waals surface area contributed by atoms with Crippen molar-refractivity contribution in [2.45, 2.75) is 27.2 Å². The summed E-state index contributed by atoms with van der Waals surface area (Å²) in [6.07, 6.45) is 0.438. The summed E-state index contributed by atoms with van der Waals surface area (Å²) in [4.78, 5) is 23.1. The lowest BCUT2D eigenvalue weighted by Gasteiger charge is -2.06. The molecular weight excluding hydrogens is 204 g/mol. The largest absolute Gasteiger partial charge is 0.462 e. The van der Waals surface area contributed by atoms with Gasteiger partial charge in [-0.2, -0.15) is 0 Å². The molecule has 0 aromatic heterocycles. The van der Waals surface area contributed by atoms with Crippen LogP contribution in [0.15, 0.2) is 18.2 Å². The SMILES string of the molecule is CCOC(=O)c1ccc(C)c(C(=O)CC)c1. The van der Waals surface area contributed by atoms with Crippen molar-refractivity contribution in [3.63, 3.8) is 0 Å². The molecule has 86 valence electrons. The van der Waals surface area contributed by atoms with Crippen LogP contribution in [0.4, 0.5) is 0 Å². The highest BCUT2D eigenvalue weighted by atomic mass is 16.5. The fourth-order valence-corrected chi connectivity index (χ4v) is 1.45. The Kier molecular flexibility index (Phi) is 4.23. The second kappa shape index (κ2) is 5.45. The lowest BCUT2D eigenvalue weighted by Crippen LogP contribution is -2.07. The van der Waals surface area contributed by atoms with Gasteiger partial charge in [-0.05, 0) is 31.5 Å². The topological polar surface area (TPSA) is 43.4 Å². The minimum Gasteiger partial charge on any atom is -0.462 e. The molecule has 0 N–H and O–H groups in total. The van der Waals surface area contributed by atoms with Crippen LogP contribution in [0.2, 0.25) is 0 Å². The summed E-state index contributed by atoms with van der Waals surface area (Å²) in [5.41, 5.74) is 1.93. The van der Waals surface area contributed by atoms with E-state index in [1.807, 2.05) is 6.92 Å². The molecule has 0 unspecified atom stereocenters. The molecule has 0 aliphatic carbocycles. The van der Waals surface area contributed by atoms with E-state index in [1.54, 1.807) is 32.0 Å². The predicted octanol–water partition coefficient (Wildman–Crippen LogP) is 2.76. The second-order valence-corrected chi connectivity index (χ2v) is 3.53. The average molecular weight is 220 g/mol. The van der Waals surface area contributed by atoms with Crippen molar-refractivity contribution in [3.8, 4) is 0 Å². The lowest BCUT2D eigenvalue weighted by molar-refractivity contribution is 0.0526. The van der Waals surface area contributed by atoms with Crippen molar-refractivity contribution < 1.29 is 14.3 Å². The summed E-state index contributed by atoms with van der Waals surface area (Å²) in [5.74, 6) is -0.337. The van der Waals surface area contributed by atoms with E-state index in [9.17, 15) is 9.59 Å². The first kappa shape index (κ1) is 12.4. The van der Waals surface area contributed by atoms with Gasteiger partial charge < -0.3 is 4.74 Å². The van der Waals surface area contributed by atoms with E-state index >= 15 is 0 Å². The molecular formula is C13H16O3. The monoisotopic (exact) mass is 220 g/mol. The molecule has 0 amide bonds. The summed E-state index contributed by atoms with van der Waals surface area (Å²) in [6, 6.07) is 5.06. The van der Waals surface area contributed by atoms with E-state index in [1.165, 1.54) is 0 Å². The zero-order valence-electron chi connectivity index (χ0n) is 9.87. The van der Waals surface area contributed by atoms with Gasteiger partial charge in [-0.3, -0.25) is 4.79 Å². The molecule has 0 aliphatic heterocycles. The van der Waals surface area contributed by atoms with Crippen molar-refractivity contribution in [3.05, 3.63) is 34.9 Å². The third-order valence-electron chi connectivity index (χ3n) is 2.37. The van der Waals surface area contributed by atoms with Crippen LogP contribution >= 0.6 is 0 Å². The Morgan fingerprint density at radius 2 is 1.94 bits per heavy atom. The van der Waals surface area contributed by atoms with Crippen LogP contribution in [-0.2, 0) is 4.74 Å².